The van der Waals surface area contributed by atoms with Gasteiger partial charge in [-0.25, -0.2) is 13.2 Å². The number of hydrogen-bond donors (Lipinski definition) is 2. The van der Waals surface area contributed by atoms with Gasteiger partial charge in [0.25, 0.3) is 21.6 Å². The smallest absolute Gasteiger partial charge is 0.338 e. The Morgan fingerprint density at radius 1 is 0.974 bits per heavy atom. The summed E-state index contributed by atoms with van der Waals surface area (Å²) in [5.74, 6) is -1.47. The van der Waals surface area contributed by atoms with E-state index in [2.05, 4.69) is 10.0 Å². The number of non-ortho nitro benzene ring substituents is 1. The van der Waals surface area contributed by atoms with Crippen molar-refractivity contribution in [2.24, 2.45) is 0 Å². The van der Waals surface area contributed by atoms with Crippen LogP contribution in [0.5, 0.6) is 0 Å². The number of nitro benzene ring substituents is 1. The summed E-state index contributed by atoms with van der Waals surface area (Å²) in [6.07, 6.45) is -1.20. The van der Waals surface area contributed by atoms with Gasteiger partial charge in [0.15, 0.2) is 6.10 Å². The van der Waals surface area contributed by atoms with E-state index in [0.717, 1.165) is 5.56 Å². The van der Waals surface area contributed by atoms with Crippen molar-refractivity contribution in [2.45, 2.75) is 51.0 Å². The monoisotopic (exact) mass is 539 g/mol. The number of aryl methyl sites for hydroxylation is 1. The third-order valence-corrected chi connectivity index (χ3v) is 7.22. The summed E-state index contributed by atoms with van der Waals surface area (Å²) < 4.78 is 33.9. The second kappa shape index (κ2) is 11.0. The highest BCUT2D eigenvalue weighted by atomic mass is 32.2. The number of hydrogen-bond acceptors (Lipinski definition) is 7. The van der Waals surface area contributed by atoms with Crippen molar-refractivity contribution >= 4 is 39.0 Å². The Bertz CT molecular complexity index is 1480. The van der Waals surface area contributed by atoms with Crippen LogP contribution in [0.2, 0.25) is 0 Å². The molecule has 0 fully saturated rings. The first-order valence-electron chi connectivity index (χ1n) is 11.7. The fourth-order valence-electron chi connectivity index (χ4n) is 3.46. The van der Waals surface area contributed by atoms with Crippen LogP contribution in [-0.4, -0.2) is 31.3 Å². The quantitative estimate of drug-likeness (QED) is 0.228. The standard InChI is InChI=1S/C27H29N3O7S/c1-17-9-12-20(27(3,4)5)15-24(17)38(35,36)29-21-13-10-19(11-14-21)26(32)37-18(2)25(31)28-22-7-6-8-23(16-22)30(33)34/h6-16,18,29H,1-5H3,(H,28,31). The van der Waals surface area contributed by atoms with Gasteiger partial charge in [-0.1, -0.05) is 39.0 Å². The number of esters is 1. The van der Waals surface area contributed by atoms with Crippen LogP contribution in [0.3, 0.4) is 0 Å². The van der Waals surface area contributed by atoms with Crippen molar-refractivity contribution in [3.05, 3.63) is 93.5 Å². The number of carbonyl (C=O) groups is 2. The largest absolute Gasteiger partial charge is 0.449 e. The lowest BCUT2D eigenvalue weighted by atomic mass is 9.87. The molecule has 11 heteroatoms. The van der Waals surface area contributed by atoms with E-state index < -0.39 is 32.9 Å². The molecule has 0 bridgehead atoms. The van der Waals surface area contributed by atoms with E-state index in [1.807, 2.05) is 26.8 Å². The minimum Gasteiger partial charge on any atom is -0.449 e. The van der Waals surface area contributed by atoms with Crippen LogP contribution < -0.4 is 10.0 Å². The van der Waals surface area contributed by atoms with Crippen LogP contribution in [0.15, 0.2) is 71.6 Å². The summed E-state index contributed by atoms with van der Waals surface area (Å²) >= 11 is 0. The molecule has 3 aromatic carbocycles. The van der Waals surface area contributed by atoms with Crippen molar-refractivity contribution < 1.29 is 27.7 Å². The second-order valence-corrected chi connectivity index (χ2v) is 11.4. The molecule has 0 radical (unpaired) electrons. The molecule has 1 atom stereocenters. The molecule has 2 N–H and O–H groups in total. The maximum absolute atomic E-state index is 13.1. The molecular formula is C27H29N3O7S. The normalized spacial score (nSPS) is 12.3. The van der Waals surface area contributed by atoms with Gasteiger partial charge in [0.2, 0.25) is 0 Å². The van der Waals surface area contributed by atoms with Gasteiger partial charge in [-0.15, -0.1) is 0 Å². The van der Waals surface area contributed by atoms with E-state index >= 15 is 0 Å². The second-order valence-electron chi connectivity index (χ2n) is 9.76. The lowest BCUT2D eigenvalue weighted by Gasteiger charge is -2.21. The van der Waals surface area contributed by atoms with Crippen molar-refractivity contribution in [2.75, 3.05) is 10.0 Å². The highest BCUT2D eigenvalue weighted by molar-refractivity contribution is 7.92. The summed E-state index contributed by atoms with van der Waals surface area (Å²) in [6, 6.07) is 16.3. The van der Waals surface area contributed by atoms with Crippen LogP contribution in [0.4, 0.5) is 17.1 Å². The zero-order valence-electron chi connectivity index (χ0n) is 21.6. The molecule has 3 aromatic rings. The minimum absolute atomic E-state index is 0.105. The summed E-state index contributed by atoms with van der Waals surface area (Å²) in [5.41, 5.74) is 1.60. The molecule has 3 rings (SSSR count). The molecule has 1 unspecified atom stereocenters. The lowest BCUT2D eigenvalue weighted by Crippen LogP contribution is -2.30. The number of rotatable bonds is 8. The van der Waals surface area contributed by atoms with E-state index in [1.54, 1.807) is 19.1 Å². The summed E-state index contributed by atoms with van der Waals surface area (Å²) in [4.78, 5) is 35.4. The Morgan fingerprint density at radius 3 is 2.24 bits per heavy atom. The molecule has 0 spiro atoms. The van der Waals surface area contributed by atoms with E-state index in [4.69, 9.17) is 4.74 Å². The Labute approximate surface area is 221 Å². The SMILES string of the molecule is Cc1ccc(C(C)(C)C)cc1S(=O)(=O)Nc1ccc(C(=O)OC(C)C(=O)Nc2cccc([N+](=O)[O-])c2)cc1. The maximum Gasteiger partial charge on any atom is 0.338 e. The molecule has 0 aliphatic heterocycles. The third-order valence-electron chi connectivity index (χ3n) is 5.69. The molecular weight excluding hydrogens is 510 g/mol. The summed E-state index contributed by atoms with van der Waals surface area (Å²) in [5, 5.41) is 13.4. The minimum atomic E-state index is -3.89. The number of nitrogens with one attached hydrogen (secondary N) is 2. The molecule has 1 amide bonds. The highest BCUT2D eigenvalue weighted by Gasteiger charge is 2.23. The van der Waals surface area contributed by atoms with Crippen molar-refractivity contribution in [1.82, 2.24) is 0 Å². The van der Waals surface area contributed by atoms with Crippen LogP contribution in [0.1, 0.15) is 49.2 Å². The van der Waals surface area contributed by atoms with E-state index in [-0.39, 0.29) is 32.9 Å². The lowest BCUT2D eigenvalue weighted by molar-refractivity contribution is -0.384. The van der Waals surface area contributed by atoms with Gasteiger partial charge in [-0.2, -0.15) is 0 Å². The van der Waals surface area contributed by atoms with Gasteiger partial charge in [-0.3, -0.25) is 19.6 Å². The Morgan fingerprint density at radius 2 is 1.63 bits per heavy atom. The van der Waals surface area contributed by atoms with Gasteiger partial charge in [-0.05, 0) is 66.8 Å². The van der Waals surface area contributed by atoms with Gasteiger partial charge in [0.05, 0.1) is 15.4 Å². The third kappa shape index (κ3) is 6.94. The van der Waals surface area contributed by atoms with E-state index in [1.165, 1.54) is 55.5 Å². The van der Waals surface area contributed by atoms with Crippen LogP contribution in [0, 0.1) is 17.0 Å². The molecule has 0 saturated carbocycles. The van der Waals surface area contributed by atoms with E-state index in [0.29, 0.717) is 5.56 Å². The first kappa shape index (κ1) is 28.3. The topological polar surface area (TPSA) is 145 Å². The number of nitro groups is 1. The molecule has 0 saturated heterocycles. The fourth-order valence-corrected chi connectivity index (χ4v) is 4.79. The van der Waals surface area contributed by atoms with Crippen LogP contribution in [-0.2, 0) is 25.0 Å². The van der Waals surface area contributed by atoms with Gasteiger partial charge in [0.1, 0.15) is 0 Å². The first-order valence-corrected chi connectivity index (χ1v) is 13.2. The fraction of sp³-hybridized carbons (Fsp3) is 0.259. The molecule has 200 valence electrons. The summed E-state index contributed by atoms with van der Waals surface area (Å²) in [6.45, 7) is 9.07. The molecule has 0 heterocycles. The Kier molecular flexibility index (Phi) is 8.21. The predicted octanol–water partition coefficient (Wildman–Crippen LogP) is 5.19. The van der Waals surface area contributed by atoms with Gasteiger partial charge >= 0.3 is 5.97 Å². The zero-order valence-corrected chi connectivity index (χ0v) is 22.5. The Hall–Kier alpha value is -4.25. The average molecular weight is 540 g/mol. The molecule has 0 aliphatic carbocycles. The molecule has 0 aliphatic rings. The van der Waals surface area contributed by atoms with Gasteiger partial charge in [0, 0.05) is 23.5 Å². The van der Waals surface area contributed by atoms with E-state index in [9.17, 15) is 28.1 Å². The number of carbonyl (C=O) groups excluding carboxylic acids is 2. The van der Waals surface area contributed by atoms with Crippen molar-refractivity contribution in [3.8, 4) is 0 Å². The molecule has 10 nitrogen and oxygen atoms in total. The molecule has 0 aromatic heterocycles. The number of sulfonamides is 1. The van der Waals surface area contributed by atoms with Crippen molar-refractivity contribution in [1.29, 1.82) is 0 Å². The van der Waals surface area contributed by atoms with Gasteiger partial charge < -0.3 is 10.1 Å². The van der Waals surface area contributed by atoms with Crippen molar-refractivity contribution in [3.63, 3.8) is 0 Å². The van der Waals surface area contributed by atoms with Crippen LogP contribution in [0.25, 0.3) is 0 Å². The number of benzene rings is 3. The number of nitrogens with zero attached hydrogens (tertiary/aromatic N) is 1. The maximum atomic E-state index is 13.1. The Balaban J connectivity index is 1.66. The van der Waals surface area contributed by atoms with Crippen LogP contribution >= 0.6 is 0 Å². The zero-order chi connectivity index (χ0) is 28.3. The number of anilines is 2. The first-order chi connectivity index (χ1) is 17.7. The highest BCUT2D eigenvalue weighted by Crippen LogP contribution is 2.28. The molecule has 38 heavy (non-hydrogen) atoms. The number of amides is 1. The number of ether oxygens (including phenoxy) is 1. The summed E-state index contributed by atoms with van der Waals surface area (Å²) in [7, 11) is -3.89. The average Bonchev–Trinajstić information content (AvgIpc) is 2.83. The predicted molar refractivity (Wildman–Crippen MR) is 144 cm³/mol.